The summed E-state index contributed by atoms with van der Waals surface area (Å²) in [5.41, 5.74) is 21.8. The maximum absolute atomic E-state index is 12.8. The Hall–Kier alpha value is -3.46. The SMILES string of the molecule is CC(NC(=O)C(CC(=O)O)NC(=O)C(CCCN=C(N)N)NC(=O)C(N)CCCCN)C(=O)O. The summed E-state index contributed by atoms with van der Waals surface area (Å²) in [6.45, 7) is 1.77. The molecule has 0 aliphatic rings. The number of carboxylic acids is 2. The van der Waals surface area contributed by atoms with E-state index < -0.39 is 60.2 Å². The van der Waals surface area contributed by atoms with Crippen molar-refractivity contribution in [3.05, 3.63) is 0 Å². The van der Waals surface area contributed by atoms with Gasteiger partial charge in [-0.3, -0.25) is 29.0 Å². The van der Waals surface area contributed by atoms with Crippen molar-refractivity contribution in [2.75, 3.05) is 13.1 Å². The van der Waals surface area contributed by atoms with E-state index in [1.807, 2.05) is 0 Å². The molecule has 13 N–H and O–H groups in total. The predicted octanol–water partition coefficient (Wildman–Crippen LogP) is -3.47. The molecule has 0 aliphatic heterocycles. The lowest BCUT2D eigenvalue weighted by Crippen LogP contribution is -2.57. The summed E-state index contributed by atoms with van der Waals surface area (Å²) in [5, 5.41) is 24.9. The Morgan fingerprint density at radius 3 is 1.97 bits per heavy atom. The maximum Gasteiger partial charge on any atom is 0.325 e. The lowest BCUT2D eigenvalue weighted by molar-refractivity contribution is -0.143. The predicted molar refractivity (Wildman–Crippen MR) is 122 cm³/mol. The van der Waals surface area contributed by atoms with Gasteiger partial charge in [-0.2, -0.15) is 0 Å². The van der Waals surface area contributed by atoms with Gasteiger partial charge in [0.2, 0.25) is 17.7 Å². The maximum atomic E-state index is 12.8. The van der Waals surface area contributed by atoms with Crippen LogP contribution in [0.5, 0.6) is 0 Å². The first-order valence-corrected chi connectivity index (χ1v) is 10.8. The van der Waals surface area contributed by atoms with Crippen LogP contribution in [0.25, 0.3) is 0 Å². The Balaban J connectivity index is 5.42. The highest BCUT2D eigenvalue weighted by Gasteiger charge is 2.30. The Labute approximate surface area is 197 Å². The van der Waals surface area contributed by atoms with Crippen LogP contribution in [-0.4, -0.2) is 83.1 Å². The fourth-order valence-corrected chi connectivity index (χ4v) is 2.72. The third-order valence-electron chi connectivity index (χ3n) is 4.63. The molecule has 4 atom stereocenters. The Kier molecular flexibility index (Phi) is 14.6. The molecule has 0 aliphatic carbocycles. The van der Waals surface area contributed by atoms with E-state index in [2.05, 4.69) is 20.9 Å². The van der Waals surface area contributed by atoms with Gasteiger partial charge in [0.05, 0.1) is 12.5 Å². The van der Waals surface area contributed by atoms with Gasteiger partial charge in [0.15, 0.2) is 5.96 Å². The molecule has 0 bridgehead atoms. The van der Waals surface area contributed by atoms with E-state index in [0.29, 0.717) is 25.8 Å². The van der Waals surface area contributed by atoms with Crippen molar-refractivity contribution >= 4 is 35.6 Å². The molecule has 3 amide bonds. The quantitative estimate of drug-likeness (QED) is 0.0550. The largest absolute Gasteiger partial charge is 0.481 e. The molecule has 0 spiro atoms. The van der Waals surface area contributed by atoms with E-state index >= 15 is 0 Å². The normalized spacial score (nSPS) is 14.1. The first-order chi connectivity index (χ1) is 15.9. The first kappa shape index (κ1) is 30.5. The van der Waals surface area contributed by atoms with Crippen LogP contribution < -0.4 is 38.9 Å². The molecule has 194 valence electrons. The second-order valence-electron chi connectivity index (χ2n) is 7.63. The second kappa shape index (κ2) is 16.2. The molecule has 15 nitrogen and oxygen atoms in total. The fraction of sp³-hybridized carbons (Fsp3) is 0.684. The van der Waals surface area contributed by atoms with Gasteiger partial charge in [-0.1, -0.05) is 6.42 Å². The molecule has 0 aromatic heterocycles. The van der Waals surface area contributed by atoms with Crippen molar-refractivity contribution in [3.63, 3.8) is 0 Å². The number of aliphatic imine (C=N–C) groups is 1. The number of carbonyl (C=O) groups excluding carboxylic acids is 3. The van der Waals surface area contributed by atoms with Gasteiger partial charge >= 0.3 is 11.9 Å². The number of guanidine groups is 1. The zero-order chi connectivity index (χ0) is 26.3. The van der Waals surface area contributed by atoms with Gasteiger partial charge in [0, 0.05) is 6.54 Å². The lowest BCUT2D eigenvalue weighted by Gasteiger charge is -2.24. The number of nitrogens with zero attached hydrogens (tertiary/aromatic N) is 1. The average molecular weight is 489 g/mol. The van der Waals surface area contributed by atoms with E-state index in [1.54, 1.807) is 0 Å². The van der Waals surface area contributed by atoms with Gasteiger partial charge in [0.25, 0.3) is 0 Å². The van der Waals surface area contributed by atoms with Crippen LogP contribution in [0.3, 0.4) is 0 Å². The molecule has 0 saturated heterocycles. The molecule has 0 heterocycles. The first-order valence-electron chi connectivity index (χ1n) is 10.8. The van der Waals surface area contributed by atoms with Crippen LogP contribution in [-0.2, 0) is 24.0 Å². The van der Waals surface area contributed by atoms with E-state index in [-0.39, 0.29) is 25.3 Å². The summed E-state index contributed by atoms with van der Waals surface area (Å²) in [6, 6.07) is -4.98. The summed E-state index contributed by atoms with van der Waals surface area (Å²) in [5.74, 6) is -5.37. The van der Waals surface area contributed by atoms with E-state index in [9.17, 15) is 24.0 Å². The van der Waals surface area contributed by atoms with Gasteiger partial charge in [-0.15, -0.1) is 0 Å². The summed E-state index contributed by atoms with van der Waals surface area (Å²) in [4.78, 5) is 63.6. The smallest absolute Gasteiger partial charge is 0.325 e. The van der Waals surface area contributed by atoms with Crippen molar-refractivity contribution in [2.45, 2.75) is 69.6 Å². The third kappa shape index (κ3) is 13.2. The molecule has 15 heteroatoms. The summed E-state index contributed by atoms with van der Waals surface area (Å²) in [6.07, 6.45) is 1.13. The number of hydrogen-bond donors (Lipinski definition) is 9. The summed E-state index contributed by atoms with van der Waals surface area (Å²) in [7, 11) is 0. The molecule has 0 aromatic rings. The number of nitrogens with one attached hydrogen (secondary N) is 3. The van der Waals surface area contributed by atoms with Gasteiger partial charge in [-0.25, -0.2) is 0 Å². The number of hydrogen-bond acceptors (Lipinski definition) is 8. The molecule has 0 radical (unpaired) electrons. The highest BCUT2D eigenvalue weighted by molar-refractivity contribution is 5.95. The van der Waals surface area contributed by atoms with E-state index in [4.69, 9.17) is 33.1 Å². The van der Waals surface area contributed by atoms with Gasteiger partial charge < -0.3 is 49.1 Å². The minimum Gasteiger partial charge on any atom is -0.481 e. The molecule has 0 rings (SSSR count). The van der Waals surface area contributed by atoms with Crippen LogP contribution >= 0.6 is 0 Å². The number of carboxylic acid groups (broad SMARTS) is 2. The van der Waals surface area contributed by atoms with Crippen molar-refractivity contribution in [1.82, 2.24) is 16.0 Å². The molecule has 0 aromatic carbocycles. The Morgan fingerprint density at radius 2 is 1.44 bits per heavy atom. The number of rotatable bonds is 17. The number of unbranched alkanes of at least 4 members (excludes halogenated alkanes) is 1. The third-order valence-corrected chi connectivity index (χ3v) is 4.63. The van der Waals surface area contributed by atoms with E-state index in [0.717, 1.165) is 0 Å². The second-order valence-corrected chi connectivity index (χ2v) is 7.63. The topological polar surface area (TPSA) is 278 Å². The van der Waals surface area contributed by atoms with Crippen molar-refractivity contribution in [2.24, 2.45) is 27.9 Å². The fourth-order valence-electron chi connectivity index (χ4n) is 2.72. The Bertz CT molecular complexity index is 742. The van der Waals surface area contributed by atoms with Gasteiger partial charge in [0.1, 0.15) is 18.1 Å². The average Bonchev–Trinajstić information content (AvgIpc) is 2.74. The minimum atomic E-state index is -1.58. The molecular formula is C19H36N8O7. The van der Waals surface area contributed by atoms with Crippen LogP contribution in [0, 0.1) is 0 Å². The minimum absolute atomic E-state index is 0.0524. The summed E-state index contributed by atoms with van der Waals surface area (Å²) < 4.78 is 0. The van der Waals surface area contributed by atoms with Crippen LogP contribution in [0.2, 0.25) is 0 Å². The number of carbonyl (C=O) groups is 5. The van der Waals surface area contributed by atoms with Crippen LogP contribution in [0.4, 0.5) is 0 Å². The van der Waals surface area contributed by atoms with Crippen molar-refractivity contribution in [1.29, 1.82) is 0 Å². The van der Waals surface area contributed by atoms with Crippen molar-refractivity contribution in [3.8, 4) is 0 Å². The number of nitrogens with two attached hydrogens (primary N) is 4. The molecule has 0 saturated carbocycles. The number of amides is 3. The molecular weight excluding hydrogens is 452 g/mol. The van der Waals surface area contributed by atoms with Gasteiger partial charge in [-0.05, 0) is 39.2 Å². The zero-order valence-electron chi connectivity index (χ0n) is 19.2. The molecule has 4 unspecified atom stereocenters. The molecule has 0 fully saturated rings. The monoisotopic (exact) mass is 488 g/mol. The lowest BCUT2D eigenvalue weighted by atomic mass is 10.1. The zero-order valence-corrected chi connectivity index (χ0v) is 19.2. The van der Waals surface area contributed by atoms with E-state index in [1.165, 1.54) is 6.92 Å². The van der Waals surface area contributed by atoms with Crippen LogP contribution in [0.1, 0.15) is 45.4 Å². The van der Waals surface area contributed by atoms with Crippen LogP contribution in [0.15, 0.2) is 4.99 Å². The number of aliphatic carboxylic acids is 2. The standard InChI is InChI=1S/C19H36N8O7/c1-10(18(33)34)25-17(32)13(9-14(28)29)27-16(31)12(6-4-8-24-19(22)23)26-15(30)11(21)5-2-3-7-20/h10-13H,2-9,20-21H2,1H3,(H,25,32)(H,26,30)(H,27,31)(H,28,29)(H,33,34)(H4,22,23,24). The summed E-state index contributed by atoms with van der Waals surface area (Å²) >= 11 is 0. The molecule has 34 heavy (non-hydrogen) atoms. The highest BCUT2D eigenvalue weighted by atomic mass is 16.4. The van der Waals surface area contributed by atoms with Crippen molar-refractivity contribution < 1.29 is 34.2 Å². The Morgan fingerprint density at radius 1 is 0.853 bits per heavy atom. The highest BCUT2D eigenvalue weighted by Crippen LogP contribution is 2.04.